The van der Waals surface area contributed by atoms with Crippen LogP contribution in [0.3, 0.4) is 0 Å². The highest BCUT2D eigenvalue weighted by molar-refractivity contribution is 7.88. The predicted molar refractivity (Wildman–Crippen MR) is 73.0 cm³/mol. The zero-order valence-corrected chi connectivity index (χ0v) is 11.9. The van der Waals surface area contributed by atoms with Gasteiger partial charge >= 0.3 is 5.97 Å². The lowest BCUT2D eigenvalue weighted by molar-refractivity contribution is 0.0697. The lowest BCUT2D eigenvalue weighted by atomic mass is 10.1. The quantitative estimate of drug-likeness (QED) is 0.845. The minimum Gasteiger partial charge on any atom is -0.478 e. The molecule has 1 fully saturated rings. The van der Waals surface area contributed by atoms with Crippen LogP contribution in [0.2, 0.25) is 0 Å². The molecule has 0 amide bonds. The lowest BCUT2D eigenvalue weighted by Crippen LogP contribution is -2.39. The molecular formula is C13H17NO5S. The number of ether oxygens (including phenoxy) is 1. The Balaban J connectivity index is 2.02. The normalized spacial score (nSPS) is 22.9. The highest BCUT2D eigenvalue weighted by atomic mass is 32.2. The summed E-state index contributed by atoms with van der Waals surface area (Å²) in [6.07, 6.45) is 0.539. The summed E-state index contributed by atoms with van der Waals surface area (Å²) < 4.78 is 32.0. The SMILES string of the molecule is CC1OCCC1NS(=O)(=O)Cc1ccc(C(=O)O)cc1. The molecule has 0 bridgehead atoms. The largest absolute Gasteiger partial charge is 0.478 e. The monoisotopic (exact) mass is 299 g/mol. The van der Waals surface area contributed by atoms with Gasteiger partial charge in [0.25, 0.3) is 0 Å². The van der Waals surface area contributed by atoms with Crippen LogP contribution >= 0.6 is 0 Å². The number of carboxylic acid groups (broad SMARTS) is 1. The van der Waals surface area contributed by atoms with Crippen LogP contribution < -0.4 is 4.72 Å². The summed E-state index contributed by atoms with van der Waals surface area (Å²) in [7, 11) is -3.46. The van der Waals surface area contributed by atoms with E-state index in [2.05, 4.69) is 4.72 Å². The summed E-state index contributed by atoms with van der Waals surface area (Å²) in [4.78, 5) is 10.7. The lowest BCUT2D eigenvalue weighted by Gasteiger charge is -2.16. The van der Waals surface area contributed by atoms with Crippen LogP contribution in [0.15, 0.2) is 24.3 Å². The molecule has 0 saturated carbocycles. The smallest absolute Gasteiger partial charge is 0.335 e. The Morgan fingerprint density at radius 1 is 1.40 bits per heavy atom. The Hall–Kier alpha value is -1.44. The first-order valence-corrected chi connectivity index (χ1v) is 7.96. The molecule has 1 aromatic carbocycles. The summed E-state index contributed by atoms with van der Waals surface area (Å²) in [5, 5.41) is 8.78. The van der Waals surface area contributed by atoms with Gasteiger partial charge in [0.05, 0.1) is 17.4 Å². The van der Waals surface area contributed by atoms with Gasteiger partial charge in [-0.1, -0.05) is 12.1 Å². The van der Waals surface area contributed by atoms with E-state index in [-0.39, 0.29) is 23.5 Å². The fourth-order valence-electron chi connectivity index (χ4n) is 2.12. The van der Waals surface area contributed by atoms with Crippen LogP contribution in [0.5, 0.6) is 0 Å². The maximum absolute atomic E-state index is 12.0. The molecule has 110 valence electrons. The van der Waals surface area contributed by atoms with Crippen LogP contribution in [-0.2, 0) is 20.5 Å². The van der Waals surface area contributed by atoms with Gasteiger partial charge in [-0.15, -0.1) is 0 Å². The summed E-state index contributed by atoms with van der Waals surface area (Å²) in [5.74, 6) is -1.20. The Bertz CT molecular complexity index is 581. The second kappa shape index (κ2) is 5.90. The number of hydrogen-bond donors (Lipinski definition) is 2. The molecule has 1 heterocycles. The molecular weight excluding hydrogens is 282 g/mol. The fraction of sp³-hybridized carbons (Fsp3) is 0.462. The highest BCUT2D eigenvalue weighted by Crippen LogP contribution is 2.15. The molecule has 0 aliphatic carbocycles. The van der Waals surface area contributed by atoms with Crippen LogP contribution in [0.25, 0.3) is 0 Å². The minimum absolute atomic E-state index is 0.126. The Morgan fingerprint density at radius 3 is 2.55 bits per heavy atom. The van der Waals surface area contributed by atoms with E-state index in [1.807, 2.05) is 6.92 Å². The van der Waals surface area contributed by atoms with Crippen molar-refractivity contribution in [1.82, 2.24) is 4.72 Å². The molecule has 7 heteroatoms. The molecule has 20 heavy (non-hydrogen) atoms. The number of rotatable bonds is 5. The van der Waals surface area contributed by atoms with Gasteiger partial charge in [0.2, 0.25) is 10.0 Å². The predicted octanol–water partition coefficient (Wildman–Crippen LogP) is 0.982. The van der Waals surface area contributed by atoms with Gasteiger partial charge in [-0.3, -0.25) is 0 Å². The van der Waals surface area contributed by atoms with Gasteiger partial charge < -0.3 is 9.84 Å². The second-order valence-corrected chi connectivity index (χ2v) is 6.60. The number of carbonyl (C=O) groups is 1. The Labute approximate surface area is 117 Å². The molecule has 1 aliphatic rings. The third kappa shape index (κ3) is 3.78. The van der Waals surface area contributed by atoms with Crippen molar-refractivity contribution in [3.05, 3.63) is 35.4 Å². The molecule has 2 unspecified atom stereocenters. The maximum atomic E-state index is 12.0. The van der Waals surface area contributed by atoms with E-state index in [1.54, 1.807) is 0 Å². The first kappa shape index (κ1) is 15.0. The van der Waals surface area contributed by atoms with E-state index < -0.39 is 16.0 Å². The van der Waals surface area contributed by atoms with Gasteiger partial charge in [-0.25, -0.2) is 17.9 Å². The zero-order chi connectivity index (χ0) is 14.8. The molecule has 2 rings (SSSR count). The van der Waals surface area contributed by atoms with Crippen molar-refractivity contribution in [3.63, 3.8) is 0 Å². The van der Waals surface area contributed by atoms with Gasteiger partial charge in [0, 0.05) is 12.6 Å². The molecule has 1 aliphatic heterocycles. The fourth-order valence-corrected chi connectivity index (χ4v) is 3.61. The summed E-state index contributed by atoms with van der Waals surface area (Å²) in [6.45, 7) is 2.39. The molecule has 0 radical (unpaired) electrons. The molecule has 2 N–H and O–H groups in total. The Kier molecular flexibility index (Phi) is 4.42. The number of carboxylic acids is 1. The summed E-state index contributed by atoms with van der Waals surface area (Å²) >= 11 is 0. The van der Waals surface area contributed by atoms with Gasteiger partial charge in [0.15, 0.2) is 0 Å². The third-order valence-corrected chi connectivity index (χ3v) is 4.64. The van der Waals surface area contributed by atoms with Crippen molar-refractivity contribution < 1.29 is 23.1 Å². The van der Waals surface area contributed by atoms with Crippen LogP contribution in [0.1, 0.15) is 29.3 Å². The first-order valence-electron chi connectivity index (χ1n) is 6.31. The zero-order valence-electron chi connectivity index (χ0n) is 11.1. The molecule has 1 saturated heterocycles. The average Bonchev–Trinajstić information content (AvgIpc) is 2.74. The number of hydrogen-bond acceptors (Lipinski definition) is 4. The molecule has 0 spiro atoms. The standard InChI is InChI=1S/C13H17NO5S/c1-9-12(6-7-19-9)14-20(17,18)8-10-2-4-11(5-3-10)13(15)16/h2-5,9,12,14H,6-8H2,1H3,(H,15,16). The molecule has 1 aromatic rings. The van der Waals surface area contributed by atoms with Crippen LogP contribution in [0.4, 0.5) is 0 Å². The van der Waals surface area contributed by atoms with E-state index >= 15 is 0 Å². The van der Waals surface area contributed by atoms with Gasteiger partial charge in [-0.05, 0) is 31.0 Å². The van der Waals surface area contributed by atoms with E-state index in [0.29, 0.717) is 18.6 Å². The van der Waals surface area contributed by atoms with E-state index in [0.717, 1.165) is 0 Å². The van der Waals surface area contributed by atoms with Crippen molar-refractivity contribution >= 4 is 16.0 Å². The minimum atomic E-state index is -3.46. The molecule has 2 atom stereocenters. The topological polar surface area (TPSA) is 92.7 Å². The number of aromatic carboxylic acids is 1. The van der Waals surface area contributed by atoms with E-state index in [1.165, 1.54) is 24.3 Å². The maximum Gasteiger partial charge on any atom is 0.335 e. The summed E-state index contributed by atoms with van der Waals surface area (Å²) in [6, 6.07) is 5.62. The second-order valence-electron chi connectivity index (χ2n) is 4.85. The van der Waals surface area contributed by atoms with Crippen molar-refractivity contribution in [2.24, 2.45) is 0 Å². The van der Waals surface area contributed by atoms with E-state index in [9.17, 15) is 13.2 Å². The van der Waals surface area contributed by atoms with Crippen LogP contribution in [0, 0.1) is 0 Å². The van der Waals surface area contributed by atoms with Crippen molar-refractivity contribution in [1.29, 1.82) is 0 Å². The third-order valence-electron chi connectivity index (χ3n) is 3.26. The van der Waals surface area contributed by atoms with E-state index in [4.69, 9.17) is 9.84 Å². The highest BCUT2D eigenvalue weighted by Gasteiger charge is 2.28. The van der Waals surface area contributed by atoms with Crippen molar-refractivity contribution in [2.75, 3.05) is 6.61 Å². The number of sulfonamides is 1. The first-order chi connectivity index (χ1) is 9.37. The molecule has 6 nitrogen and oxygen atoms in total. The van der Waals surface area contributed by atoms with Gasteiger partial charge in [-0.2, -0.15) is 0 Å². The summed E-state index contributed by atoms with van der Waals surface area (Å²) in [5.41, 5.74) is 0.686. The average molecular weight is 299 g/mol. The van der Waals surface area contributed by atoms with Crippen molar-refractivity contribution in [2.45, 2.75) is 31.2 Å². The van der Waals surface area contributed by atoms with Gasteiger partial charge in [0.1, 0.15) is 0 Å². The number of benzene rings is 1. The molecule has 0 aromatic heterocycles. The Morgan fingerprint density at radius 2 is 2.05 bits per heavy atom. The number of nitrogens with one attached hydrogen (secondary N) is 1. The van der Waals surface area contributed by atoms with Crippen molar-refractivity contribution in [3.8, 4) is 0 Å². The van der Waals surface area contributed by atoms with Crippen LogP contribution in [-0.4, -0.2) is 38.2 Å².